The summed E-state index contributed by atoms with van der Waals surface area (Å²) in [6, 6.07) is -0.0578. The Morgan fingerprint density at radius 3 is 2.39 bits per heavy atom. The van der Waals surface area contributed by atoms with Crippen LogP contribution in [0.1, 0.15) is 58.3 Å². The van der Waals surface area contributed by atoms with Crippen LogP contribution >= 0.6 is 0 Å². The van der Waals surface area contributed by atoms with Gasteiger partial charge in [0.05, 0.1) is 0 Å². The van der Waals surface area contributed by atoms with Crippen LogP contribution < -0.4 is 10.6 Å². The summed E-state index contributed by atoms with van der Waals surface area (Å²) in [5.74, 6) is 1.26. The summed E-state index contributed by atoms with van der Waals surface area (Å²) < 4.78 is 0. The number of carbonyl (C=O) groups excluding carboxylic acids is 2. The third-order valence-electron chi connectivity index (χ3n) is 5.37. The zero-order valence-electron chi connectivity index (χ0n) is 14.8. The van der Waals surface area contributed by atoms with Gasteiger partial charge in [-0.1, -0.05) is 12.8 Å². The molecule has 0 radical (unpaired) electrons. The van der Waals surface area contributed by atoms with E-state index in [1.165, 1.54) is 6.42 Å². The molecule has 1 aliphatic heterocycles. The van der Waals surface area contributed by atoms with E-state index in [4.69, 9.17) is 0 Å². The second kappa shape index (κ2) is 9.26. The van der Waals surface area contributed by atoms with Crippen molar-refractivity contribution in [3.8, 4) is 0 Å². The summed E-state index contributed by atoms with van der Waals surface area (Å²) in [5, 5.41) is 6.23. The number of rotatable bonds is 7. The lowest BCUT2D eigenvalue weighted by molar-refractivity contribution is -0.133. The van der Waals surface area contributed by atoms with Crippen molar-refractivity contribution in [3.05, 3.63) is 0 Å². The van der Waals surface area contributed by atoms with Crippen molar-refractivity contribution in [2.24, 2.45) is 11.8 Å². The first-order chi connectivity index (χ1) is 11.1. The molecular weight excluding hydrogens is 290 g/mol. The molecule has 132 valence electrons. The van der Waals surface area contributed by atoms with E-state index in [2.05, 4.69) is 10.6 Å². The minimum atomic E-state index is -0.0578. The summed E-state index contributed by atoms with van der Waals surface area (Å²) in [7, 11) is 1.99. The van der Waals surface area contributed by atoms with E-state index in [-0.39, 0.29) is 23.8 Å². The predicted octanol–water partition coefficient (Wildman–Crippen LogP) is 1.92. The Kier molecular flexibility index (Phi) is 7.34. The van der Waals surface area contributed by atoms with Gasteiger partial charge in [0.25, 0.3) is 0 Å². The SMILES string of the molecule is CNCCC1CCN(C(=O)CC(C)NC(=O)C2CCCC2)CC1. The Morgan fingerprint density at radius 1 is 1.13 bits per heavy atom. The number of hydrogen-bond donors (Lipinski definition) is 2. The largest absolute Gasteiger partial charge is 0.353 e. The molecule has 5 heteroatoms. The average molecular weight is 323 g/mol. The van der Waals surface area contributed by atoms with Gasteiger partial charge < -0.3 is 15.5 Å². The molecule has 2 N–H and O–H groups in total. The van der Waals surface area contributed by atoms with E-state index in [1.54, 1.807) is 0 Å². The molecule has 0 bridgehead atoms. The van der Waals surface area contributed by atoms with Gasteiger partial charge in [-0.15, -0.1) is 0 Å². The third kappa shape index (κ3) is 5.79. The van der Waals surface area contributed by atoms with Gasteiger partial charge >= 0.3 is 0 Å². The van der Waals surface area contributed by atoms with E-state index >= 15 is 0 Å². The van der Waals surface area contributed by atoms with E-state index < -0.39 is 0 Å². The zero-order valence-corrected chi connectivity index (χ0v) is 14.8. The molecule has 1 atom stereocenters. The monoisotopic (exact) mass is 323 g/mol. The Hall–Kier alpha value is -1.10. The smallest absolute Gasteiger partial charge is 0.224 e. The standard InChI is InChI=1S/C18H33N3O2/c1-14(20-18(23)16-5-3-4-6-16)13-17(22)21-11-8-15(9-12-21)7-10-19-2/h14-16,19H,3-13H2,1-2H3,(H,20,23). The van der Waals surface area contributed by atoms with Crippen molar-refractivity contribution in [3.63, 3.8) is 0 Å². The topological polar surface area (TPSA) is 61.4 Å². The minimum Gasteiger partial charge on any atom is -0.353 e. The van der Waals surface area contributed by atoms with Crippen molar-refractivity contribution in [1.82, 2.24) is 15.5 Å². The van der Waals surface area contributed by atoms with Crippen molar-refractivity contribution in [2.45, 2.75) is 64.3 Å². The molecule has 1 saturated heterocycles. The molecule has 1 aliphatic carbocycles. The predicted molar refractivity (Wildman–Crippen MR) is 92.0 cm³/mol. The van der Waals surface area contributed by atoms with E-state index in [9.17, 15) is 9.59 Å². The van der Waals surface area contributed by atoms with Crippen molar-refractivity contribution in [2.75, 3.05) is 26.7 Å². The van der Waals surface area contributed by atoms with E-state index in [1.807, 2.05) is 18.9 Å². The van der Waals surface area contributed by atoms with Crippen LogP contribution in [0.4, 0.5) is 0 Å². The highest BCUT2D eigenvalue weighted by Crippen LogP contribution is 2.25. The number of nitrogens with one attached hydrogen (secondary N) is 2. The first-order valence-electron chi connectivity index (χ1n) is 9.33. The lowest BCUT2D eigenvalue weighted by atomic mass is 9.93. The molecule has 1 saturated carbocycles. The fourth-order valence-corrected chi connectivity index (χ4v) is 3.81. The van der Waals surface area contributed by atoms with Crippen molar-refractivity contribution in [1.29, 1.82) is 0 Å². The highest BCUT2D eigenvalue weighted by atomic mass is 16.2. The molecule has 0 aromatic heterocycles. The Morgan fingerprint density at radius 2 is 1.78 bits per heavy atom. The molecule has 2 fully saturated rings. The summed E-state index contributed by atoms with van der Waals surface area (Å²) in [5.41, 5.74) is 0. The third-order valence-corrected chi connectivity index (χ3v) is 5.37. The zero-order chi connectivity index (χ0) is 16.7. The van der Waals surface area contributed by atoms with Crippen molar-refractivity contribution >= 4 is 11.8 Å². The molecule has 2 amide bonds. The van der Waals surface area contributed by atoms with Crippen LogP contribution in [-0.2, 0) is 9.59 Å². The summed E-state index contributed by atoms with van der Waals surface area (Å²) >= 11 is 0. The first kappa shape index (κ1) is 18.2. The molecule has 0 aromatic rings. The van der Waals surface area contributed by atoms with Gasteiger partial charge in [0.2, 0.25) is 11.8 Å². The quantitative estimate of drug-likeness (QED) is 0.752. The minimum absolute atomic E-state index is 0.0578. The highest BCUT2D eigenvalue weighted by Gasteiger charge is 2.26. The summed E-state index contributed by atoms with van der Waals surface area (Å²) in [6.45, 7) is 4.75. The maximum absolute atomic E-state index is 12.4. The number of piperidine rings is 1. The van der Waals surface area contributed by atoms with Crippen LogP contribution in [0.15, 0.2) is 0 Å². The van der Waals surface area contributed by atoms with Gasteiger partial charge in [-0.05, 0) is 58.5 Å². The van der Waals surface area contributed by atoms with Crippen LogP contribution in [-0.4, -0.2) is 49.4 Å². The number of amides is 2. The van der Waals surface area contributed by atoms with Gasteiger partial charge in [-0.25, -0.2) is 0 Å². The highest BCUT2D eigenvalue weighted by molar-refractivity contribution is 5.81. The lowest BCUT2D eigenvalue weighted by Crippen LogP contribution is -2.43. The lowest BCUT2D eigenvalue weighted by Gasteiger charge is -2.33. The van der Waals surface area contributed by atoms with E-state index in [0.717, 1.165) is 64.1 Å². The molecule has 0 spiro atoms. The Bertz CT molecular complexity index is 386. The second-order valence-corrected chi connectivity index (χ2v) is 7.31. The fourth-order valence-electron chi connectivity index (χ4n) is 3.81. The Labute approximate surface area is 140 Å². The maximum Gasteiger partial charge on any atom is 0.224 e. The van der Waals surface area contributed by atoms with Crippen LogP contribution in [0.2, 0.25) is 0 Å². The van der Waals surface area contributed by atoms with Crippen LogP contribution in [0.25, 0.3) is 0 Å². The van der Waals surface area contributed by atoms with Gasteiger partial charge in [-0.2, -0.15) is 0 Å². The molecular formula is C18H33N3O2. The van der Waals surface area contributed by atoms with Crippen LogP contribution in [0.5, 0.6) is 0 Å². The molecule has 0 aromatic carbocycles. The molecule has 1 unspecified atom stereocenters. The van der Waals surface area contributed by atoms with Gasteiger partial charge in [0.15, 0.2) is 0 Å². The average Bonchev–Trinajstić information content (AvgIpc) is 3.07. The molecule has 5 nitrogen and oxygen atoms in total. The summed E-state index contributed by atoms with van der Waals surface area (Å²) in [4.78, 5) is 26.5. The second-order valence-electron chi connectivity index (χ2n) is 7.31. The van der Waals surface area contributed by atoms with Gasteiger partial charge in [-0.3, -0.25) is 9.59 Å². The number of likely N-dealkylation sites (tertiary alicyclic amines) is 1. The molecule has 23 heavy (non-hydrogen) atoms. The van der Waals surface area contributed by atoms with E-state index in [0.29, 0.717) is 6.42 Å². The van der Waals surface area contributed by atoms with Gasteiger partial charge in [0, 0.05) is 31.5 Å². The first-order valence-corrected chi connectivity index (χ1v) is 9.33. The molecule has 1 heterocycles. The van der Waals surface area contributed by atoms with Crippen molar-refractivity contribution < 1.29 is 9.59 Å². The molecule has 2 aliphatic rings. The number of hydrogen-bond acceptors (Lipinski definition) is 3. The number of nitrogens with zero attached hydrogens (tertiary/aromatic N) is 1. The van der Waals surface area contributed by atoms with Crippen LogP contribution in [0, 0.1) is 11.8 Å². The van der Waals surface area contributed by atoms with Gasteiger partial charge in [0.1, 0.15) is 0 Å². The normalized spacial score (nSPS) is 21.4. The fraction of sp³-hybridized carbons (Fsp3) is 0.889. The summed E-state index contributed by atoms with van der Waals surface area (Å²) in [6.07, 6.45) is 8.18. The Balaban J connectivity index is 1.66. The maximum atomic E-state index is 12.4. The number of carbonyl (C=O) groups is 2. The van der Waals surface area contributed by atoms with Crippen LogP contribution in [0.3, 0.4) is 0 Å². The molecule has 2 rings (SSSR count).